The number of hydrogen-bond acceptors (Lipinski definition) is 1. The number of carbonyl (C=O) groups is 1. The van der Waals surface area contributed by atoms with Crippen molar-refractivity contribution in [2.24, 2.45) is 11.8 Å². The van der Waals surface area contributed by atoms with E-state index in [2.05, 4.69) is 0 Å². The fourth-order valence-electron chi connectivity index (χ4n) is 1.35. The van der Waals surface area contributed by atoms with Gasteiger partial charge in [-0.25, -0.2) is 0 Å². The van der Waals surface area contributed by atoms with E-state index in [-0.39, 0.29) is 18.1 Å². The molecule has 0 aromatic carbocycles. The fourth-order valence-corrected chi connectivity index (χ4v) is 1.35. The van der Waals surface area contributed by atoms with Gasteiger partial charge < -0.3 is 0 Å². The summed E-state index contributed by atoms with van der Waals surface area (Å²) < 4.78 is 35.2. The van der Waals surface area contributed by atoms with Crippen molar-refractivity contribution in [3.8, 4) is 0 Å². The van der Waals surface area contributed by atoms with E-state index in [4.69, 9.17) is 0 Å². The van der Waals surface area contributed by atoms with E-state index >= 15 is 0 Å². The van der Waals surface area contributed by atoms with Crippen LogP contribution in [0.2, 0.25) is 0 Å². The molecule has 0 heterocycles. The lowest BCUT2D eigenvalue weighted by atomic mass is 9.97. The van der Waals surface area contributed by atoms with Crippen molar-refractivity contribution in [3.05, 3.63) is 0 Å². The first kappa shape index (κ1) is 10.5. The summed E-state index contributed by atoms with van der Waals surface area (Å²) in [5.74, 6) is -0.0390. The lowest BCUT2D eigenvalue weighted by molar-refractivity contribution is -0.144. The Hall–Kier alpha value is -0.540. The third-order valence-electron chi connectivity index (χ3n) is 2.49. The summed E-state index contributed by atoms with van der Waals surface area (Å²) in [5, 5.41) is 0. The summed E-state index contributed by atoms with van der Waals surface area (Å²) >= 11 is 0. The van der Waals surface area contributed by atoms with Gasteiger partial charge in [0.05, 0.1) is 6.42 Å². The van der Waals surface area contributed by atoms with Crippen molar-refractivity contribution >= 4 is 5.78 Å². The smallest absolute Gasteiger partial charge is 0.299 e. The predicted molar refractivity (Wildman–Crippen MR) is 42.2 cm³/mol. The summed E-state index contributed by atoms with van der Waals surface area (Å²) in [6, 6.07) is 0. The summed E-state index contributed by atoms with van der Waals surface area (Å²) in [4.78, 5) is 11.2. The minimum absolute atomic E-state index is 0.164. The Bertz CT molecular complexity index is 194. The molecule has 0 aromatic heterocycles. The van der Waals surface area contributed by atoms with Crippen LogP contribution >= 0.6 is 0 Å². The largest absolute Gasteiger partial charge is 0.389 e. The van der Waals surface area contributed by atoms with Crippen molar-refractivity contribution in [1.29, 1.82) is 0 Å². The van der Waals surface area contributed by atoms with Crippen molar-refractivity contribution in [3.63, 3.8) is 0 Å². The van der Waals surface area contributed by atoms with Gasteiger partial charge in [-0.3, -0.25) is 4.79 Å². The third-order valence-corrected chi connectivity index (χ3v) is 2.49. The molecule has 1 atom stereocenters. The predicted octanol–water partition coefficient (Wildman–Crippen LogP) is 2.94. The van der Waals surface area contributed by atoms with E-state index in [1.165, 1.54) is 0 Å². The quantitative estimate of drug-likeness (QED) is 0.672. The van der Waals surface area contributed by atoms with Gasteiger partial charge in [-0.1, -0.05) is 6.92 Å². The Morgan fingerprint density at radius 2 is 2.00 bits per heavy atom. The van der Waals surface area contributed by atoms with Gasteiger partial charge >= 0.3 is 6.18 Å². The highest BCUT2D eigenvalue weighted by atomic mass is 19.4. The van der Waals surface area contributed by atoms with Crippen molar-refractivity contribution in [1.82, 2.24) is 0 Å². The fraction of sp³-hybridized carbons (Fsp3) is 0.889. The van der Waals surface area contributed by atoms with Gasteiger partial charge in [-0.2, -0.15) is 13.2 Å². The van der Waals surface area contributed by atoms with Gasteiger partial charge in [0, 0.05) is 12.3 Å². The number of carbonyl (C=O) groups excluding carboxylic acids is 1. The zero-order valence-corrected chi connectivity index (χ0v) is 7.53. The molecule has 1 nitrogen and oxygen atoms in total. The maximum Gasteiger partial charge on any atom is 0.389 e. The molecular formula is C9H13F3O. The van der Waals surface area contributed by atoms with Gasteiger partial charge in [0.1, 0.15) is 5.78 Å². The van der Waals surface area contributed by atoms with Crippen LogP contribution in [0.1, 0.15) is 32.6 Å². The molecule has 76 valence electrons. The van der Waals surface area contributed by atoms with E-state index < -0.39 is 12.6 Å². The second-order valence-electron chi connectivity index (χ2n) is 3.71. The van der Waals surface area contributed by atoms with E-state index in [1.807, 2.05) is 0 Å². The maximum atomic E-state index is 11.7. The average Bonchev–Trinajstić information content (AvgIpc) is 2.79. The molecule has 0 N–H and O–H groups in total. The maximum absolute atomic E-state index is 11.7. The molecule has 0 spiro atoms. The molecule has 1 saturated carbocycles. The molecule has 0 bridgehead atoms. The Balaban J connectivity index is 2.24. The van der Waals surface area contributed by atoms with Crippen LogP contribution < -0.4 is 0 Å². The molecule has 1 aliphatic rings. The first-order chi connectivity index (χ1) is 5.90. The lowest BCUT2D eigenvalue weighted by Gasteiger charge is -2.09. The standard InChI is InChI=1S/C9H13F3O/c1-6(7-2-3-7)8(13)4-5-9(10,11)12/h6-7H,2-5H2,1H3. The Morgan fingerprint density at radius 1 is 1.46 bits per heavy atom. The van der Waals surface area contributed by atoms with Gasteiger partial charge in [0.2, 0.25) is 0 Å². The topological polar surface area (TPSA) is 17.1 Å². The third kappa shape index (κ3) is 3.79. The SMILES string of the molecule is CC(C(=O)CCC(F)(F)F)C1CC1. The summed E-state index contributed by atoms with van der Waals surface area (Å²) in [6.45, 7) is 1.73. The van der Waals surface area contributed by atoms with Gasteiger partial charge in [0.25, 0.3) is 0 Å². The zero-order chi connectivity index (χ0) is 10.1. The molecule has 0 saturated heterocycles. The van der Waals surface area contributed by atoms with Gasteiger partial charge in [-0.15, -0.1) is 0 Å². The molecule has 1 unspecified atom stereocenters. The van der Waals surface area contributed by atoms with Crippen LogP contribution in [0.15, 0.2) is 0 Å². The van der Waals surface area contributed by atoms with Crippen molar-refractivity contribution in [2.75, 3.05) is 0 Å². The number of halogens is 3. The van der Waals surface area contributed by atoms with E-state index in [0.717, 1.165) is 12.8 Å². The highest BCUT2D eigenvalue weighted by Gasteiger charge is 2.34. The van der Waals surface area contributed by atoms with Crippen LogP contribution in [-0.2, 0) is 4.79 Å². The zero-order valence-electron chi connectivity index (χ0n) is 7.53. The number of alkyl halides is 3. The van der Waals surface area contributed by atoms with Crippen LogP contribution in [0.25, 0.3) is 0 Å². The highest BCUT2D eigenvalue weighted by molar-refractivity contribution is 5.81. The minimum Gasteiger partial charge on any atom is -0.299 e. The molecule has 1 fully saturated rings. The van der Waals surface area contributed by atoms with E-state index in [9.17, 15) is 18.0 Å². The molecule has 0 aliphatic heterocycles. The van der Waals surface area contributed by atoms with E-state index in [0.29, 0.717) is 5.92 Å². The van der Waals surface area contributed by atoms with Crippen LogP contribution in [-0.4, -0.2) is 12.0 Å². The highest BCUT2D eigenvalue weighted by Crippen LogP contribution is 2.38. The summed E-state index contributed by atoms with van der Waals surface area (Å²) in [5.41, 5.74) is 0. The number of ketones is 1. The molecule has 13 heavy (non-hydrogen) atoms. The van der Waals surface area contributed by atoms with Crippen molar-refractivity contribution < 1.29 is 18.0 Å². The monoisotopic (exact) mass is 194 g/mol. The van der Waals surface area contributed by atoms with Crippen LogP contribution in [0.5, 0.6) is 0 Å². The molecular weight excluding hydrogens is 181 g/mol. The summed E-state index contributed by atoms with van der Waals surface area (Å²) in [7, 11) is 0. The second-order valence-corrected chi connectivity index (χ2v) is 3.71. The molecule has 1 aliphatic carbocycles. The first-order valence-corrected chi connectivity index (χ1v) is 4.49. The number of Topliss-reactive ketones (excluding diaryl/α,β-unsaturated/α-hetero) is 1. The first-order valence-electron chi connectivity index (χ1n) is 4.49. The molecule has 0 aromatic rings. The van der Waals surface area contributed by atoms with Crippen LogP contribution in [0.4, 0.5) is 13.2 Å². The molecule has 4 heteroatoms. The normalized spacial score (nSPS) is 20.0. The second kappa shape index (κ2) is 3.68. The van der Waals surface area contributed by atoms with Crippen LogP contribution in [0.3, 0.4) is 0 Å². The summed E-state index contributed by atoms with van der Waals surface area (Å²) in [6.07, 6.45) is -3.51. The van der Waals surface area contributed by atoms with Crippen molar-refractivity contribution in [2.45, 2.75) is 38.8 Å². The Kier molecular flexibility index (Phi) is 2.98. The Labute approximate surface area is 75.3 Å². The molecule has 0 radical (unpaired) electrons. The minimum atomic E-state index is -4.20. The molecule has 0 amide bonds. The molecule has 1 rings (SSSR count). The average molecular weight is 194 g/mol. The number of rotatable bonds is 4. The van der Waals surface area contributed by atoms with Gasteiger partial charge in [-0.05, 0) is 18.8 Å². The number of hydrogen-bond donors (Lipinski definition) is 0. The lowest BCUT2D eigenvalue weighted by Crippen LogP contribution is -2.17. The van der Waals surface area contributed by atoms with Gasteiger partial charge in [0.15, 0.2) is 0 Å². The van der Waals surface area contributed by atoms with E-state index in [1.54, 1.807) is 6.92 Å². The Morgan fingerprint density at radius 3 is 2.38 bits per heavy atom. The van der Waals surface area contributed by atoms with Crippen LogP contribution in [0, 0.1) is 11.8 Å².